The second-order valence-electron chi connectivity index (χ2n) is 3.28. The van der Waals surface area contributed by atoms with E-state index in [1.165, 1.54) is 6.08 Å². The fourth-order valence-electron chi connectivity index (χ4n) is 1.06. The van der Waals surface area contributed by atoms with Gasteiger partial charge < -0.3 is 0 Å². The van der Waals surface area contributed by atoms with Crippen LogP contribution in [0.1, 0.15) is 12.8 Å². The van der Waals surface area contributed by atoms with Crippen molar-refractivity contribution in [1.29, 1.82) is 0 Å². The molecule has 1 aliphatic rings. The van der Waals surface area contributed by atoms with Gasteiger partial charge in [0.2, 0.25) is 10.0 Å². The third-order valence-electron chi connectivity index (χ3n) is 1.93. The molecule has 1 N–H and O–H groups in total. The number of hydrogen-bond acceptors (Lipinski definition) is 4. The summed E-state index contributed by atoms with van der Waals surface area (Å²) in [5.41, 5.74) is -5.69. The Morgan fingerprint density at radius 1 is 1.11 bits per heavy atom. The van der Waals surface area contributed by atoms with Gasteiger partial charge in [-0.05, 0) is 25.0 Å². The van der Waals surface area contributed by atoms with Gasteiger partial charge in [0.15, 0.2) is 0 Å². The molecule has 0 aromatic carbocycles. The van der Waals surface area contributed by atoms with E-state index in [2.05, 4.69) is 0 Å². The van der Waals surface area contributed by atoms with E-state index in [4.69, 9.17) is 11.6 Å². The number of alkyl halides is 3. The zero-order valence-corrected chi connectivity index (χ0v) is 10.9. The van der Waals surface area contributed by atoms with Crippen molar-refractivity contribution in [2.45, 2.75) is 18.3 Å². The highest BCUT2D eigenvalue weighted by molar-refractivity contribution is 8.07. The maximum absolute atomic E-state index is 12.0. The summed E-state index contributed by atoms with van der Waals surface area (Å²) in [5.74, 6) is 0. The van der Waals surface area contributed by atoms with Crippen LogP contribution in [-0.2, 0) is 20.0 Å². The molecule has 0 aromatic rings. The fourth-order valence-corrected chi connectivity index (χ4v) is 3.80. The number of sulfonamides is 2. The van der Waals surface area contributed by atoms with Crippen LogP contribution in [0.25, 0.3) is 0 Å². The second kappa shape index (κ2) is 4.83. The average molecular weight is 326 g/mol. The van der Waals surface area contributed by atoms with Crippen LogP contribution in [0.2, 0.25) is 0 Å². The summed E-state index contributed by atoms with van der Waals surface area (Å²) in [4.78, 5) is -0.472. The van der Waals surface area contributed by atoms with Crippen LogP contribution >= 0.6 is 11.6 Å². The molecule has 0 saturated heterocycles. The van der Waals surface area contributed by atoms with Crippen molar-refractivity contribution in [1.82, 2.24) is 4.13 Å². The lowest BCUT2D eigenvalue weighted by molar-refractivity contribution is -0.0441. The van der Waals surface area contributed by atoms with Crippen molar-refractivity contribution in [2.75, 3.05) is 0 Å². The van der Waals surface area contributed by atoms with Gasteiger partial charge in [0.05, 0.1) is 4.91 Å². The van der Waals surface area contributed by atoms with Crippen molar-refractivity contribution >= 4 is 31.6 Å². The molecule has 0 fully saturated rings. The lowest BCUT2D eigenvalue weighted by atomic mass is 10.2. The summed E-state index contributed by atoms with van der Waals surface area (Å²) in [6, 6.07) is 0. The van der Waals surface area contributed by atoms with Gasteiger partial charge in [-0.3, -0.25) is 0 Å². The highest BCUT2D eigenvalue weighted by Gasteiger charge is 2.48. The summed E-state index contributed by atoms with van der Waals surface area (Å²) in [6.45, 7) is 0. The second-order valence-corrected chi connectivity index (χ2v) is 7.44. The van der Waals surface area contributed by atoms with Crippen LogP contribution in [0, 0.1) is 0 Å². The third-order valence-corrected chi connectivity index (χ3v) is 5.64. The minimum atomic E-state index is -5.95. The summed E-state index contributed by atoms with van der Waals surface area (Å²) in [6.07, 6.45) is 2.08. The molecular formula is C7H7ClF3NO4S2. The first-order chi connectivity index (χ1) is 7.96. The highest BCUT2D eigenvalue weighted by atomic mass is 35.5. The maximum atomic E-state index is 12.0. The van der Waals surface area contributed by atoms with E-state index >= 15 is 0 Å². The molecular weight excluding hydrogens is 319 g/mol. The topological polar surface area (TPSA) is 80.3 Å². The Bertz CT molecular complexity index is 603. The van der Waals surface area contributed by atoms with Gasteiger partial charge in [0, 0.05) is 5.03 Å². The van der Waals surface area contributed by atoms with E-state index in [1.54, 1.807) is 0 Å². The van der Waals surface area contributed by atoms with Crippen LogP contribution in [0.4, 0.5) is 13.2 Å². The van der Waals surface area contributed by atoms with E-state index in [0.717, 1.165) is 6.08 Å². The van der Waals surface area contributed by atoms with E-state index < -0.39 is 30.5 Å². The van der Waals surface area contributed by atoms with E-state index in [-0.39, 0.29) is 12.8 Å². The Balaban J connectivity index is 3.05. The van der Waals surface area contributed by atoms with Crippen LogP contribution in [0.15, 0.2) is 22.1 Å². The molecule has 0 atom stereocenters. The number of halogens is 4. The minimum Gasteiger partial charge on any atom is -0.206 e. The van der Waals surface area contributed by atoms with Crippen LogP contribution in [-0.4, -0.2) is 22.3 Å². The molecule has 18 heavy (non-hydrogen) atoms. The van der Waals surface area contributed by atoms with Gasteiger partial charge in [-0.1, -0.05) is 15.7 Å². The number of allylic oxidation sites excluding steroid dienone is 4. The Kier molecular flexibility index (Phi) is 4.16. The first-order valence-corrected chi connectivity index (χ1v) is 7.70. The van der Waals surface area contributed by atoms with Crippen molar-refractivity contribution in [2.24, 2.45) is 0 Å². The first kappa shape index (κ1) is 15.5. The predicted molar refractivity (Wildman–Crippen MR) is 58.3 cm³/mol. The first-order valence-electron chi connectivity index (χ1n) is 4.36. The Hall–Kier alpha value is -0.580. The molecule has 0 unspecified atom stereocenters. The molecule has 0 aromatic heterocycles. The summed E-state index contributed by atoms with van der Waals surface area (Å²) in [5, 5.41) is 0.327. The molecule has 0 saturated carbocycles. The molecule has 11 heteroatoms. The van der Waals surface area contributed by atoms with Crippen molar-refractivity contribution in [3.63, 3.8) is 0 Å². The van der Waals surface area contributed by atoms with Crippen molar-refractivity contribution in [3.05, 3.63) is 22.1 Å². The van der Waals surface area contributed by atoms with E-state index in [0.29, 0.717) is 9.16 Å². The Morgan fingerprint density at radius 3 is 2.06 bits per heavy atom. The standard InChI is InChI=1S/C7H7ClF3NO4S2/c8-5-1-3-6(4-2-5)17(13,14)12-18(15,16)7(9,10)11/h1,3,12H,2,4H2. The molecule has 0 radical (unpaired) electrons. The van der Waals surface area contributed by atoms with Gasteiger partial charge in [0.1, 0.15) is 0 Å². The summed E-state index contributed by atoms with van der Waals surface area (Å²) in [7, 11) is -10.7. The number of nitrogens with one attached hydrogen (secondary N) is 1. The average Bonchev–Trinajstić information content (AvgIpc) is 2.14. The smallest absolute Gasteiger partial charge is 0.206 e. The number of rotatable bonds is 3. The molecule has 1 aliphatic carbocycles. The van der Waals surface area contributed by atoms with Crippen LogP contribution in [0.3, 0.4) is 0 Å². The van der Waals surface area contributed by atoms with Gasteiger partial charge in [-0.2, -0.15) is 13.2 Å². The summed E-state index contributed by atoms with van der Waals surface area (Å²) < 4.78 is 80.9. The van der Waals surface area contributed by atoms with Gasteiger partial charge >= 0.3 is 15.5 Å². The largest absolute Gasteiger partial charge is 0.512 e. The molecule has 1 rings (SSSR count). The monoisotopic (exact) mass is 325 g/mol. The molecule has 0 heterocycles. The van der Waals surface area contributed by atoms with Crippen LogP contribution < -0.4 is 4.13 Å². The predicted octanol–water partition coefficient (Wildman–Crippen LogP) is 1.56. The number of hydrogen-bond donors (Lipinski definition) is 1. The fraction of sp³-hybridized carbons (Fsp3) is 0.429. The molecule has 0 aliphatic heterocycles. The van der Waals surface area contributed by atoms with Crippen LogP contribution in [0.5, 0.6) is 0 Å². The molecule has 5 nitrogen and oxygen atoms in total. The minimum absolute atomic E-state index is 0.111. The van der Waals surface area contributed by atoms with Crippen molar-refractivity contribution < 1.29 is 30.0 Å². The molecule has 0 bridgehead atoms. The Labute approximate surface area is 106 Å². The zero-order chi connectivity index (χ0) is 14.2. The van der Waals surface area contributed by atoms with E-state index in [9.17, 15) is 30.0 Å². The molecule has 0 amide bonds. The normalized spacial score (nSPS) is 18.2. The lowest BCUT2D eigenvalue weighted by Crippen LogP contribution is -2.40. The van der Waals surface area contributed by atoms with Gasteiger partial charge in [0.25, 0.3) is 0 Å². The SMILES string of the molecule is O=S(=O)(NS(=O)(=O)C(F)(F)F)C1=CC=C(Cl)CC1. The van der Waals surface area contributed by atoms with E-state index in [1.807, 2.05) is 0 Å². The maximum Gasteiger partial charge on any atom is 0.512 e. The Morgan fingerprint density at radius 2 is 1.67 bits per heavy atom. The molecule has 104 valence electrons. The zero-order valence-electron chi connectivity index (χ0n) is 8.53. The highest BCUT2D eigenvalue weighted by Crippen LogP contribution is 2.27. The third kappa shape index (κ3) is 3.46. The molecule has 0 spiro atoms. The summed E-state index contributed by atoms with van der Waals surface area (Å²) >= 11 is 5.54. The lowest BCUT2D eigenvalue weighted by Gasteiger charge is -2.14. The van der Waals surface area contributed by atoms with Gasteiger partial charge in [-0.15, -0.1) is 0 Å². The van der Waals surface area contributed by atoms with Crippen molar-refractivity contribution in [3.8, 4) is 0 Å². The van der Waals surface area contributed by atoms with Gasteiger partial charge in [-0.25, -0.2) is 16.8 Å². The quantitative estimate of drug-likeness (QED) is 0.854.